The van der Waals surface area contributed by atoms with Gasteiger partial charge in [0, 0.05) is 69.0 Å². The van der Waals surface area contributed by atoms with E-state index in [1.165, 1.54) is 0 Å². The van der Waals surface area contributed by atoms with Gasteiger partial charge in [0.25, 0.3) is 5.91 Å². The highest BCUT2D eigenvalue weighted by atomic mass is 16.3. The highest BCUT2D eigenvalue weighted by molar-refractivity contribution is 6.00. The van der Waals surface area contributed by atoms with Crippen molar-refractivity contribution in [2.24, 2.45) is 5.41 Å². The molecule has 4 N–H and O–H groups in total. The van der Waals surface area contributed by atoms with Gasteiger partial charge < -0.3 is 30.9 Å². The van der Waals surface area contributed by atoms with Crippen LogP contribution in [0.1, 0.15) is 62.4 Å². The van der Waals surface area contributed by atoms with Crippen LogP contribution in [-0.2, 0) is 16.0 Å². The molecule has 4 rings (SSSR count). The zero-order chi connectivity index (χ0) is 29.4. The van der Waals surface area contributed by atoms with Crippen LogP contribution >= 0.6 is 0 Å². The van der Waals surface area contributed by atoms with Gasteiger partial charge in [-0.05, 0) is 55.4 Å². The molecule has 3 amide bonds. The van der Waals surface area contributed by atoms with Gasteiger partial charge in [0.05, 0.1) is 12.1 Å². The smallest absolute Gasteiger partial charge is 0.251 e. The summed E-state index contributed by atoms with van der Waals surface area (Å²) in [5.41, 5.74) is 2.77. The van der Waals surface area contributed by atoms with E-state index in [4.69, 9.17) is 0 Å². The third-order valence-corrected chi connectivity index (χ3v) is 7.77. The second kappa shape index (κ2) is 14.0. The van der Waals surface area contributed by atoms with Gasteiger partial charge in [-0.1, -0.05) is 44.2 Å². The van der Waals surface area contributed by atoms with Crippen LogP contribution in [0.2, 0.25) is 0 Å². The normalized spacial score (nSPS) is 17.2. The molecule has 2 heterocycles. The number of amides is 3. The second-order valence-corrected chi connectivity index (χ2v) is 12.0. The van der Waals surface area contributed by atoms with Crippen molar-refractivity contribution >= 4 is 29.1 Å². The van der Waals surface area contributed by atoms with Crippen LogP contribution in [-0.4, -0.2) is 79.1 Å². The molecular formula is C32H45N5O4. The molecule has 222 valence electrons. The lowest BCUT2D eigenvalue weighted by Crippen LogP contribution is -2.50. The van der Waals surface area contributed by atoms with Crippen molar-refractivity contribution in [1.82, 2.24) is 15.5 Å². The molecule has 2 saturated heterocycles. The first kappa shape index (κ1) is 30.5. The van der Waals surface area contributed by atoms with Gasteiger partial charge >= 0.3 is 0 Å². The number of aliphatic hydroxyl groups is 1. The monoisotopic (exact) mass is 563 g/mol. The average Bonchev–Trinajstić information content (AvgIpc) is 3.55. The van der Waals surface area contributed by atoms with E-state index in [1.54, 1.807) is 17.0 Å². The molecule has 0 saturated carbocycles. The highest BCUT2D eigenvalue weighted by Crippen LogP contribution is 2.27. The molecule has 0 spiro atoms. The van der Waals surface area contributed by atoms with Crippen molar-refractivity contribution in [1.29, 1.82) is 0 Å². The molecule has 2 aromatic carbocycles. The van der Waals surface area contributed by atoms with E-state index in [9.17, 15) is 19.5 Å². The molecular weight excluding hydrogens is 518 g/mol. The van der Waals surface area contributed by atoms with Gasteiger partial charge in [-0.15, -0.1) is 0 Å². The van der Waals surface area contributed by atoms with Crippen molar-refractivity contribution < 1.29 is 19.5 Å². The summed E-state index contributed by atoms with van der Waals surface area (Å²) < 4.78 is 0. The first-order chi connectivity index (χ1) is 19.6. The Kier molecular flexibility index (Phi) is 10.4. The number of nitrogens with one attached hydrogen (secondary N) is 3. The summed E-state index contributed by atoms with van der Waals surface area (Å²) in [6.07, 6.45) is 2.46. The standard InChI is InChI=1S/C32H45N5O4/c1-4-34-25-17-24(18-26(19-25)37-15-9-13-30(37)40)31(41)35-27(16-23-10-6-5-7-11-23)28(38)20-33-21-32(2,3)22-36-14-8-12-29(36)39/h5-7,10-11,17-19,27-28,33-34,38H,4,8-9,12-16,20-22H2,1-3H3,(H,35,41)/t27-,28-/m0/s1. The fraction of sp³-hybridized carbons (Fsp3) is 0.531. The number of nitrogens with zero attached hydrogens (tertiary/aromatic N) is 2. The van der Waals surface area contributed by atoms with Crippen LogP contribution in [0.25, 0.3) is 0 Å². The van der Waals surface area contributed by atoms with Crippen LogP contribution in [0.5, 0.6) is 0 Å². The first-order valence-corrected chi connectivity index (χ1v) is 14.9. The molecule has 2 atom stereocenters. The fourth-order valence-corrected chi connectivity index (χ4v) is 5.67. The Morgan fingerprint density at radius 2 is 1.76 bits per heavy atom. The summed E-state index contributed by atoms with van der Waals surface area (Å²) in [6.45, 7) is 9.92. The topological polar surface area (TPSA) is 114 Å². The van der Waals surface area contributed by atoms with Crippen LogP contribution in [0.15, 0.2) is 48.5 Å². The lowest BCUT2D eigenvalue weighted by Gasteiger charge is -2.31. The van der Waals surface area contributed by atoms with Crippen molar-refractivity contribution in [2.45, 2.75) is 65.0 Å². The van der Waals surface area contributed by atoms with E-state index < -0.39 is 12.1 Å². The zero-order valence-corrected chi connectivity index (χ0v) is 24.6. The number of anilines is 2. The summed E-state index contributed by atoms with van der Waals surface area (Å²) in [6, 6.07) is 14.7. The van der Waals surface area contributed by atoms with Gasteiger partial charge in [-0.2, -0.15) is 0 Å². The summed E-state index contributed by atoms with van der Waals surface area (Å²) in [7, 11) is 0. The maximum Gasteiger partial charge on any atom is 0.251 e. The average molecular weight is 564 g/mol. The van der Waals surface area contributed by atoms with Gasteiger partial charge in [0.15, 0.2) is 0 Å². The Morgan fingerprint density at radius 1 is 1.02 bits per heavy atom. The lowest BCUT2D eigenvalue weighted by atomic mass is 9.92. The molecule has 2 aliphatic rings. The number of hydrogen-bond donors (Lipinski definition) is 4. The molecule has 0 unspecified atom stereocenters. The molecule has 41 heavy (non-hydrogen) atoms. The van der Waals surface area contributed by atoms with Gasteiger partial charge in [-0.3, -0.25) is 14.4 Å². The first-order valence-electron chi connectivity index (χ1n) is 14.9. The van der Waals surface area contributed by atoms with Crippen molar-refractivity contribution in [3.8, 4) is 0 Å². The van der Waals surface area contributed by atoms with Crippen molar-refractivity contribution in [2.75, 3.05) is 49.5 Å². The third-order valence-electron chi connectivity index (χ3n) is 7.77. The number of hydrogen-bond acceptors (Lipinski definition) is 6. The highest BCUT2D eigenvalue weighted by Gasteiger charge is 2.29. The van der Waals surface area contributed by atoms with E-state index in [0.717, 1.165) is 30.6 Å². The summed E-state index contributed by atoms with van der Waals surface area (Å²) in [5, 5.41) is 21.0. The number of carbonyl (C=O) groups excluding carboxylic acids is 3. The van der Waals surface area contributed by atoms with Crippen LogP contribution in [0, 0.1) is 5.41 Å². The molecule has 0 aromatic heterocycles. The Balaban J connectivity index is 1.45. The molecule has 2 fully saturated rings. The van der Waals surface area contributed by atoms with E-state index >= 15 is 0 Å². The Labute approximate surface area is 243 Å². The van der Waals surface area contributed by atoms with E-state index in [2.05, 4.69) is 29.8 Å². The van der Waals surface area contributed by atoms with Crippen molar-refractivity contribution in [3.05, 3.63) is 59.7 Å². The SMILES string of the molecule is CCNc1cc(C(=O)N[C@@H](Cc2ccccc2)[C@@H](O)CNCC(C)(C)CN2CCCC2=O)cc(N2CCCC2=O)c1. The van der Waals surface area contributed by atoms with Crippen molar-refractivity contribution in [3.63, 3.8) is 0 Å². The van der Waals surface area contributed by atoms with Crippen LogP contribution < -0.4 is 20.9 Å². The predicted molar refractivity (Wildman–Crippen MR) is 162 cm³/mol. The molecule has 9 heteroatoms. The Morgan fingerprint density at radius 3 is 2.41 bits per heavy atom. The van der Waals surface area contributed by atoms with E-state index in [0.29, 0.717) is 63.2 Å². The molecule has 0 bridgehead atoms. The number of carbonyl (C=O) groups is 3. The number of aliphatic hydroxyl groups excluding tert-OH is 1. The van der Waals surface area contributed by atoms with Gasteiger partial charge in [-0.25, -0.2) is 0 Å². The van der Waals surface area contributed by atoms with Gasteiger partial charge in [0.1, 0.15) is 0 Å². The lowest BCUT2D eigenvalue weighted by molar-refractivity contribution is -0.128. The summed E-state index contributed by atoms with van der Waals surface area (Å²) in [5.74, 6) is -0.0322. The van der Waals surface area contributed by atoms with E-state index in [1.807, 2.05) is 48.2 Å². The molecule has 9 nitrogen and oxygen atoms in total. The Hall–Kier alpha value is -3.43. The molecule has 0 radical (unpaired) electrons. The predicted octanol–water partition coefficient (Wildman–Crippen LogP) is 3.19. The quantitative estimate of drug-likeness (QED) is 0.281. The molecule has 2 aliphatic heterocycles. The van der Waals surface area contributed by atoms with Crippen LogP contribution in [0.3, 0.4) is 0 Å². The molecule has 0 aliphatic carbocycles. The van der Waals surface area contributed by atoms with Crippen LogP contribution in [0.4, 0.5) is 11.4 Å². The maximum atomic E-state index is 13.6. The van der Waals surface area contributed by atoms with E-state index in [-0.39, 0.29) is 23.1 Å². The minimum Gasteiger partial charge on any atom is -0.390 e. The summed E-state index contributed by atoms with van der Waals surface area (Å²) >= 11 is 0. The zero-order valence-electron chi connectivity index (χ0n) is 24.6. The summed E-state index contributed by atoms with van der Waals surface area (Å²) in [4.78, 5) is 41.8. The third kappa shape index (κ3) is 8.53. The number of likely N-dealkylation sites (tertiary alicyclic amines) is 1. The number of benzene rings is 2. The molecule has 2 aromatic rings. The Bertz CT molecular complexity index is 1200. The number of rotatable bonds is 14. The van der Waals surface area contributed by atoms with Gasteiger partial charge in [0.2, 0.25) is 11.8 Å². The minimum atomic E-state index is -0.847. The largest absolute Gasteiger partial charge is 0.390 e. The second-order valence-electron chi connectivity index (χ2n) is 12.0. The fourth-order valence-electron chi connectivity index (χ4n) is 5.67. The minimum absolute atomic E-state index is 0.0606. The maximum absolute atomic E-state index is 13.6.